The van der Waals surface area contributed by atoms with Gasteiger partial charge in [-0.1, -0.05) is 18.2 Å². The highest BCUT2D eigenvalue weighted by atomic mass is 16.5. The molecule has 1 atom stereocenters. The van der Waals surface area contributed by atoms with Crippen molar-refractivity contribution < 1.29 is 9.53 Å². The van der Waals surface area contributed by atoms with Gasteiger partial charge in [0.2, 0.25) is 5.91 Å². The fourth-order valence-electron chi connectivity index (χ4n) is 3.15. The molecule has 1 aliphatic rings. The number of fused-ring (bicyclic) bond motifs is 1. The van der Waals surface area contributed by atoms with Gasteiger partial charge in [-0.3, -0.25) is 9.78 Å². The van der Waals surface area contributed by atoms with Crippen LogP contribution in [0.4, 0.5) is 0 Å². The fraction of sp³-hybridized carbons (Fsp3) is 0.333. The number of methoxy groups -OCH3 is 1. The summed E-state index contributed by atoms with van der Waals surface area (Å²) in [4.78, 5) is 16.7. The fourth-order valence-corrected chi connectivity index (χ4v) is 3.15. The Morgan fingerprint density at radius 3 is 3.00 bits per heavy atom. The molecule has 1 aromatic heterocycles. The quantitative estimate of drug-likeness (QED) is 0.878. The average molecular weight is 311 g/mol. The Hall–Kier alpha value is -2.40. The maximum atomic E-state index is 12.6. The van der Waals surface area contributed by atoms with Crippen LogP contribution in [0, 0.1) is 0 Å². The maximum Gasteiger partial charge on any atom is 0.244 e. The summed E-state index contributed by atoms with van der Waals surface area (Å²) in [5, 5.41) is 2.96. The summed E-state index contributed by atoms with van der Waals surface area (Å²) in [5.41, 5.74) is 8.47. The van der Waals surface area contributed by atoms with E-state index in [1.165, 1.54) is 0 Å². The van der Waals surface area contributed by atoms with Crippen LogP contribution in [-0.2, 0) is 23.2 Å². The molecule has 1 aromatic carbocycles. The zero-order chi connectivity index (χ0) is 16.3. The lowest BCUT2D eigenvalue weighted by Crippen LogP contribution is -2.50. The first kappa shape index (κ1) is 15.5. The Balaban J connectivity index is 1.69. The Kier molecular flexibility index (Phi) is 4.30. The van der Waals surface area contributed by atoms with Gasteiger partial charge in [-0.25, -0.2) is 0 Å². The summed E-state index contributed by atoms with van der Waals surface area (Å²) in [6.45, 7) is 0.544. The van der Waals surface area contributed by atoms with Crippen LogP contribution in [0.25, 0.3) is 0 Å². The van der Waals surface area contributed by atoms with Crippen LogP contribution in [0.5, 0.6) is 5.75 Å². The number of pyridine rings is 1. The predicted octanol–water partition coefficient (Wildman–Crippen LogP) is 1.55. The summed E-state index contributed by atoms with van der Waals surface area (Å²) in [5.74, 6) is 0.673. The topological polar surface area (TPSA) is 77.2 Å². The van der Waals surface area contributed by atoms with E-state index < -0.39 is 5.54 Å². The van der Waals surface area contributed by atoms with Crippen molar-refractivity contribution in [3.05, 3.63) is 59.4 Å². The molecule has 0 spiro atoms. The van der Waals surface area contributed by atoms with Crippen LogP contribution in [-0.4, -0.2) is 24.5 Å². The SMILES string of the molecule is COc1cccc2c1CCC2(N)C(=O)NCCc1cccnc1. The minimum absolute atomic E-state index is 0.131. The Bertz CT molecular complexity index is 703. The molecule has 3 rings (SSSR count). The smallest absolute Gasteiger partial charge is 0.244 e. The first-order valence-electron chi connectivity index (χ1n) is 7.77. The number of aromatic nitrogens is 1. The molecule has 3 N–H and O–H groups in total. The van der Waals surface area contributed by atoms with Gasteiger partial charge in [0, 0.05) is 18.9 Å². The molecule has 1 heterocycles. The van der Waals surface area contributed by atoms with Crippen LogP contribution in [0.2, 0.25) is 0 Å². The van der Waals surface area contributed by atoms with Crippen LogP contribution in [0.15, 0.2) is 42.7 Å². The third-order valence-corrected chi connectivity index (χ3v) is 4.43. The lowest BCUT2D eigenvalue weighted by Gasteiger charge is -2.24. The van der Waals surface area contributed by atoms with Gasteiger partial charge in [0.05, 0.1) is 7.11 Å². The Morgan fingerprint density at radius 1 is 1.39 bits per heavy atom. The van der Waals surface area contributed by atoms with Crippen molar-refractivity contribution >= 4 is 5.91 Å². The summed E-state index contributed by atoms with van der Waals surface area (Å²) < 4.78 is 5.37. The molecule has 0 bridgehead atoms. The molecule has 0 saturated heterocycles. The second kappa shape index (κ2) is 6.38. The molecule has 2 aromatic rings. The highest BCUT2D eigenvalue weighted by Crippen LogP contribution is 2.39. The van der Waals surface area contributed by atoms with E-state index in [0.29, 0.717) is 13.0 Å². The third-order valence-electron chi connectivity index (χ3n) is 4.43. The monoisotopic (exact) mass is 311 g/mol. The number of carbonyl (C=O) groups is 1. The van der Waals surface area contributed by atoms with Crippen molar-refractivity contribution in [1.29, 1.82) is 0 Å². The highest BCUT2D eigenvalue weighted by Gasteiger charge is 2.42. The second-order valence-corrected chi connectivity index (χ2v) is 5.82. The molecule has 0 fully saturated rings. The van der Waals surface area contributed by atoms with Crippen LogP contribution in [0.1, 0.15) is 23.1 Å². The zero-order valence-corrected chi connectivity index (χ0v) is 13.2. The van der Waals surface area contributed by atoms with Gasteiger partial charge in [0.25, 0.3) is 0 Å². The molecule has 0 aliphatic heterocycles. The van der Waals surface area contributed by atoms with E-state index in [1.54, 1.807) is 19.5 Å². The summed E-state index contributed by atoms with van der Waals surface area (Å²) in [6.07, 6.45) is 5.63. The van der Waals surface area contributed by atoms with Crippen molar-refractivity contribution in [2.75, 3.05) is 13.7 Å². The Morgan fingerprint density at radius 2 is 2.26 bits per heavy atom. The molecule has 120 valence electrons. The number of benzene rings is 1. The lowest BCUT2D eigenvalue weighted by molar-refractivity contribution is -0.126. The summed E-state index contributed by atoms with van der Waals surface area (Å²) in [7, 11) is 1.64. The molecule has 1 amide bonds. The molecule has 5 heteroatoms. The number of nitrogens with zero attached hydrogens (tertiary/aromatic N) is 1. The minimum atomic E-state index is -0.973. The number of nitrogens with one attached hydrogen (secondary N) is 1. The van der Waals surface area contributed by atoms with Crippen LogP contribution in [0.3, 0.4) is 0 Å². The molecular weight excluding hydrogens is 290 g/mol. The van der Waals surface area contributed by atoms with Crippen LogP contribution < -0.4 is 15.8 Å². The molecule has 5 nitrogen and oxygen atoms in total. The number of nitrogens with two attached hydrogens (primary N) is 1. The summed E-state index contributed by atoms with van der Waals surface area (Å²) in [6, 6.07) is 9.60. The van der Waals surface area contributed by atoms with E-state index in [-0.39, 0.29) is 5.91 Å². The van der Waals surface area contributed by atoms with Crippen molar-refractivity contribution in [3.63, 3.8) is 0 Å². The van der Waals surface area contributed by atoms with E-state index in [2.05, 4.69) is 10.3 Å². The van der Waals surface area contributed by atoms with Crippen LogP contribution >= 0.6 is 0 Å². The highest BCUT2D eigenvalue weighted by molar-refractivity contribution is 5.89. The second-order valence-electron chi connectivity index (χ2n) is 5.82. The standard InChI is InChI=1S/C18H21N3O2/c1-23-16-6-2-5-15-14(16)7-9-18(15,19)17(22)21-11-8-13-4-3-10-20-12-13/h2-6,10,12H,7-9,11,19H2,1H3,(H,21,22). The molecule has 23 heavy (non-hydrogen) atoms. The van der Waals surface area contributed by atoms with Gasteiger partial charge in [0.1, 0.15) is 11.3 Å². The Labute approximate surface area is 135 Å². The molecule has 0 saturated carbocycles. The molecule has 1 unspecified atom stereocenters. The third kappa shape index (κ3) is 2.92. The van der Waals surface area contributed by atoms with Gasteiger partial charge in [-0.2, -0.15) is 0 Å². The van der Waals surface area contributed by atoms with E-state index in [9.17, 15) is 4.79 Å². The number of carbonyl (C=O) groups excluding carboxylic acids is 1. The lowest BCUT2D eigenvalue weighted by atomic mass is 9.91. The minimum Gasteiger partial charge on any atom is -0.496 e. The van der Waals surface area contributed by atoms with Gasteiger partial charge in [-0.05, 0) is 48.1 Å². The van der Waals surface area contributed by atoms with Gasteiger partial charge in [0.15, 0.2) is 0 Å². The van der Waals surface area contributed by atoms with E-state index in [1.807, 2.05) is 30.3 Å². The van der Waals surface area contributed by atoms with Crippen molar-refractivity contribution in [1.82, 2.24) is 10.3 Å². The number of hydrogen-bond donors (Lipinski definition) is 2. The zero-order valence-electron chi connectivity index (χ0n) is 13.2. The molecular formula is C18H21N3O2. The van der Waals surface area contributed by atoms with Crippen molar-refractivity contribution in [2.24, 2.45) is 5.73 Å². The molecule has 0 radical (unpaired) electrons. The number of rotatable bonds is 5. The summed E-state index contributed by atoms with van der Waals surface area (Å²) >= 11 is 0. The number of ether oxygens (including phenoxy) is 1. The normalized spacial score (nSPS) is 19.2. The van der Waals surface area contributed by atoms with E-state index in [4.69, 9.17) is 10.5 Å². The van der Waals surface area contributed by atoms with Crippen molar-refractivity contribution in [3.8, 4) is 5.75 Å². The van der Waals surface area contributed by atoms with Crippen molar-refractivity contribution in [2.45, 2.75) is 24.8 Å². The first-order valence-corrected chi connectivity index (χ1v) is 7.77. The number of amides is 1. The number of hydrogen-bond acceptors (Lipinski definition) is 4. The van der Waals surface area contributed by atoms with E-state index in [0.717, 1.165) is 35.3 Å². The van der Waals surface area contributed by atoms with Gasteiger partial charge >= 0.3 is 0 Å². The largest absolute Gasteiger partial charge is 0.496 e. The van der Waals surface area contributed by atoms with Gasteiger partial charge < -0.3 is 15.8 Å². The average Bonchev–Trinajstić information content (AvgIpc) is 2.94. The van der Waals surface area contributed by atoms with E-state index >= 15 is 0 Å². The maximum absolute atomic E-state index is 12.6. The van der Waals surface area contributed by atoms with Gasteiger partial charge in [-0.15, -0.1) is 0 Å². The molecule has 1 aliphatic carbocycles. The first-order chi connectivity index (χ1) is 11.1. The predicted molar refractivity (Wildman–Crippen MR) is 88.1 cm³/mol.